The van der Waals surface area contributed by atoms with Gasteiger partial charge in [0.2, 0.25) is 5.91 Å². The Kier molecular flexibility index (Phi) is 24.4. The smallest absolute Gasteiger partial charge is 0.234 e. The third-order valence-electron chi connectivity index (χ3n) is 2.89. The van der Waals surface area contributed by atoms with Gasteiger partial charge in [-0.25, -0.2) is 0 Å². The molecule has 2 unspecified atom stereocenters. The molecular weight excluding hydrogens is 252 g/mol. The Labute approximate surface area is 126 Å². The number of amides is 1. The third kappa shape index (κ3) is 17.0. The molecule has 0 heterocycles. The normalized spacial score (nSPS) is 11.9. The van der Waals surface area contributed by atoms with Crippen molar-refractivity contribution in [2.45, 2.75) is 66.3 Å². The van der Waals surface area contributed by atoms with Crippen molar-refractivity contribution >= 4 is 5.91 Å². The van der Waals surface area contributed by atoms with Crippen LogP contribution in [0.2, 0.25) is 0 Å². The Morgan fingerprint density at radius 1 is 1.35 bits per heavy atom. The van der Waals surface area contributed by atoms with Crippen molar-refractivity contribution in [2.75, 3.05) is 13.6 Å². The van der Waals surface area contributed by atoms with Crippen molar-refractivity contribution in [1.82, 2.24) is 10.6 Å². The highest BCUT2D eigenvalue weighted by atomic mass is 16.2. The van der Waals surface area contributed by atoms with Crippen LogP contribution in [0.3, 0.4) is 0 Å². The molecule has 0 fully saturated rings. The second-order valence-corrected chi connectivity index (χ2v) is 4.38. The molecule has 0 aliphatic heterocycles. The largest absolute Gasteiger partial charge is 0.516 e. The quantitative estimate of drug-likeness (QED) is 0.598. The number of hydrogen-bond acceptors (Lipinski definition) is 3. The monoisotopic (exact) mass is 288 g/mol. The Morgan fingerprint density at radius 3 is 2.20 bits per heavy atom. The number of hydrogen-bond donors (Lipinski definition) is 3. The zero-order valence-corrected chi connectivity index (χ0v) is 14.3. The highest BCUT2D eigenvalue weighted by Crippen LogP contribution is 2.16. The van der Waals surface area contributed by atoms with Gasteiger partial charge in [0.15, 0.2) is 0 Å². The van der Waals surface area contributed by atoms with Crippen LogP contribution in [-0.4, -0.2) is 30.6 Å². The number of carbonyl (C=O) groups excluding carboxylic acids is 1. The number of nitrogens with one attached hydrogen (secondary N) is 2. The minimum absolute atomic E-state index is 0.0972. The molecule has 3 N–H and O–H groups in total. The van der Waals surface area contributed by atoms with Crippen LogP contribution in [0.4, 0.5) is 0 Å². The lowest BCUT2D eigenvalue weighted by Crippen LogP contribution is -2.41. The van der Waals surface area contributed by atoms with E-state index in [-0.39, 0.29) is 5.91 Å². The first-order valence-electron chi connectivity index (χ1n) is 7.76. The maximum atomic E-state index is 11.4. The predicted molar refractivity (Wildman–Crippen MR) is 89.0 cm³/mol. The molecule has 4 nitrogen and oxygen atoms in total. The first-order chi connectivity index (χ1) is 9.56. The summed E-state index contributed by atoms with van der Waals surface area (Å²) in [5.74, 6) is 0.714. The summed E-state index contributed by atoms with van der Waals surface area (Å²) in [6.45, 7) is 13.8. The minimum atomic E-state index is 0.0972. The molecule has 2 atom stereocenters. The van der Waals surface area contributed by atoms with Crippen LogP contribution in [0.25, 0.3) is 0 Å². The van der Waals surface area contributed by atoms with Crippen LogP contribution in [-0.2, 0) is 4.79 Å². The fourth-order valence-electron chi connectivity index (χ4n) is 1.86. The van der Waals surface area contributed by atoms with Gasteiger partial charge in [-0.3, -0.25) is 4.79 Å². The molecule has 122 valence electrons. The van der Waals surface area contributed by atoms with Crippen molar-refractivity contribution in [2.24, 2.45) is 5.92 Å². The number of unbranched alkanes of at least 4 members (excludes halogenated alkanes) is 1. The van der Waals surface area contributed by atoms with Gasteiger partial charge in [0, 0.05) is 6.04 Å². The first-order valence-corrected chi connectivity index (χ1v) is 7.76. The fraction of sp³-hybridized carbons (Fsp3) is 0.812. The summed E-state index contributed by atoms with van der Waals surface area (Å²) in [7, 11) is 1.79. The van der Waals surface area contributed by atoms with E-state index in [0.717, 1.165) is 12.7 Å². The van der Waals surface area contributed by atoms with Gasteiger partial charge in [-0.05, 0) is 26.3 Å². The van der Waals surface area contributed by atoms with E-state index in [4.69, 9.17) is 5.11 Å². The zero-order chi connectivity index (χ0) is 16.4. The van der Waals surface area contributed by atoms with E-state index in [2.05, 4.69) is 38.0 Å². The van der Waals surface area contributed by atoms with Crippen molar-refractivity contribution in [3.8, 4) is 0 Å². The fourth-order valence-corrected chi connectivity index (χ4v) is 1.86. The van der Waals surface area contributed by atoms with Gasteiger partial charge >= 0.3 is 0 Å². The Balaban J connectivity index is -0.000000505. The number of carbonyl (C=O) groups is 1. The molecule has 0 aliphatic rings. The summed E-state index contributed by atoms with van der Waals surface area (Å²) in [6.07, 6.45) is 5.59. The maximum Gasteiger partial charge on any atom is 0.234 e. The van der Waals surface area contributed by atoms with Crippen LogP contribution >= 0.6 is 0 Å². The predicted octanol–water partition coefficient (Wildman–Crippen LogP) is 3.64. The summed E-state index contributed by atoms with van der Waals surface area (Å²) < 4.78 is 0. The lowest BCUT2D eigenvalue weighted by atomic mass is 9.92. The van der Waals surface area contributed by atoms with E-state index in [1.165, 1.54) is 19.3 Å². The molecule has 20 heavy (non-hydrogen) atoms. The average molecular weight is 288 g/mol. The van der Waals surface area contributed by atoms with Gasteiger partial charge in [-0.15, -0.1) is 0 Å². The van der Waals surface area contributed by atoms with Gasteiger partial charge in [0.1, 0.15) is 0 Å². The van der Waals surface area contributed by atoms with Crippen LogP contribution in [0.15, 0.2) is 12.8 Å². The Hall–Kier alpha value is -1.03. The molecule has 0 aromatic heterocycles. The molecule has 0 saturated heterocycles. The SMILES string of the molecule is C=CO.CC.CCCCC(CC)C(C)NC(=O)CNC. The summed E-state index contributed by atoms with van der Waals surface area (Å²) in [5.41, 5.74) is 0. The van der Waals surface area contributed by atoms with Crippen molar-refractivity contribution < 1.29 is 9.90 Å². The summed E-state index contributed by atoms with van der Waals surface area (Å²) in [4.78, 5) is 11.4. The first kappa shape index (κ1) is 24.0. The average Bonchev–Trinajstić information content (AvgIpc) is 2.43. The number of rotatable bonds is 8. The van der Waals surface area contributed by atoms with E-state index < -0.39 is 0 Å². The lowest BCUT2D eigenvalue weighted by molar-refractivity contribution is -0.121. The molecule has 0 saturated carbocycles. The van der Waals surface area contributed by atoms with Gasteiger partial charge in [0.25, 0.3) is 0 Å². The molecule has 0 aromatic rings. The molecular formula is C16H36N2O2. The molecule has 0 bridgehead atoms. The molecule has 0 aliphatic carbocycles. The van der Waals surface area contributed by atoms with Crippen LogP contribution in [0.1, 0.15) is 60.3 Å². The van der Waals surface area contributed by atoms with Crippen LogP contribution in [0, 0.1) is 5.92 Å². The molecule has 0 spiro atoms. The van der Waals surface area contributed by atoms with Gasteiger partial charge in [0.05, 0.1) is 12.8 Å². The van der Waals surface area contributed by atoms with Gasteiger partial charge in [-0.2, -0.15) is 0 Å². The Bertz CT molecular complexity index is 209. The van der Waals surface area contributed by atoms with E-state index >= 15 is 0 Å². The van der Waals surface area contributed by atoms with E-state index in [0.29, 0.717) is 18.5 Å². The molecule has 0 radical (unpaired) electrons. The second-order valence-electron chi connectivity index (χ2n) is 4.38. The van der Waals surface area contributed by atoms with E-state index in [1.54, 1.807) is 7.05 Å². The minimum Gasteiger partial charge on any atom is -0.516 e. The van der Waals surface area contributed by atoms with Crippen LogP contribution < -0.4 is 10.6 Å². The van der Waals surface area contributed by atoms with Crippen LogP contribution in [0.5, 0.6) is 0 Å². The maximum absolute atomic E-state index is 11.4. The highest BCUT2D eigenvalue weighted by molar-refractivity contribution is 5.78. The Morgan fingerprint density at radius 2 is 1.85 bits per heavy atom. The molecule has 4 heteroatoms. The summed E-state index contributed by atoms with van der Waals surface area (Å²) >= 11 is 0. The number of aliphatic hydroxyl groups excluding tert-OH is 1. The second kappa shape index (κ2) is 20.3. The molecule has 0 aromatic carbocycles. The number of likely N-dealkylation sites (N-methyl/N-ethyl adjacent to an activating group) is 1. The topological polar surface area (TPSA) is 61.4 Å². The highest BCUT2D eigenvalue weighted by Gasteiger charge is 2.16. The lowest BCUT2D eigenvalue weighted by Gasteiger charge is -2.23. The van der Waals surface area contributed by atoms with Gasteiger partial charge < -0.3 is 15.7 Å². The van der Waals surface area contributed by atoms with Gasteiger partial charge in [-0.1, -0.05) is 53.5 Å². The van der Waals surface area contributed by atoms with Crippen molar-refractivity contribution in [3.63, 3.8) is 0 Å². The zero-order valence-electron chi connectivity index (χ0n) is 14.3. The third-order valence-corrected chi connectivity index (χ3v) is 2.89. The van der Waals surface area contributed by atoms with Crippen molar-refractivity contribution in [3.05, 3.63) is 12.8 Å². The standard InChI is InChI=1S/C12H26N2O.C2H4O.C2H6/c1-5-7-8-11(6-2)10(3)14-12(15)9-13-4;1-2-3;1-2/h10-11,13H,5-9H2,1-4H3,(H,14,15);2-3H,1H2;1-2H3. The molecule has 0 rings (SSSR count). The summed E-state index contributed by atoms with van der Waals surface area (Å²) in [6, 6.07) is 0.294. The molecule has 1 amide bonds. The van der Waals surface area contributed by atoms with E-state index in [1.807, 2.05) is 13.8 Å². The summed E-state index contributed by atoms with van der Waals surface area (Å²) in [5, 5.41) is 13.2. The number of aliphatic hydroxyl groups is 1. The van der Waals surface area contributed by atoms with Crippen molar-refractivity contribution in [1.29, 1.82) is 0 Å². The van der Waals surface area contributed by atoms with E-state index in [9.17, 15) is 4.79 Å².